The molecule has 0 radical (unpaired) electrons. The summed E-state index contributed by atoms with van der Waals surface area (Å²) >= 11 is 5.35. The van der Waals surface area contributed by atoms with Crippen LogP contribution in [0.15, 0.2) is 53.3 Å². The number of nitrogens with one attached hydrogen (secondary N) is 1. The van der Waals surface area contributed by atoms with Crippen molar-refractivity contribution in [3.63, 3.8) is 0 Å². The summed E-state index contributed by atoms with van der Waals surface area (Å²) in [7, 11) is 0. The van der Waals surface area contributed by atoms with Gasteiger partial charge in [0.15, 0.2) is 4.77 Å². The van der Waals surface area contributed by atoms with E-state index in [-0.39, 0.29) is 23.3 Å². The lowest BCUT2D eigenvalue weighted by Crippen LogP contribution is -2.30. The molecule has 2 aromatic carbocycles. The normalized spacial score (nSPS) is 16.2. The second-order valence-corrected chi connectivity index (χ2v) is 8.43. The molecule has 1 unspecified atom stereocenters. The van der Waals surface area contributed by atoms with E-state index in [0.717, 1.165) is 49.7 Å². The molecule has 0 spiro atoms. The van der Waals surface area contributed by atoms with Gasteiger partial charge in [0.25, 0.3) is 5.56 Å². The number of hydrogen-bond donors (Lipinski definition) is 1. The first-order valence-electron chi connectivity index (χ1n) is 10.8. The van der Waals surface area contributed by atoms with E-state index < -0.39 is 0 Å². The van der Waals surface area contributed by atoms with E-state index in [1.807, 2.05) is 23.1 Å². The van der Waals surface area contributed by atoms with E-state index >= 15 is 0 Å². The van der Waals surface area contributed by atoms with Crippen molar-refractivity contribution in [2.45, 2.75) is 51.1 Å². The van der Waals surface area contributed by atoms with Crippen LogP contribution in [0.4, 0.5) is 4.39 Å². The summed E-state index contributed by atoms with van der Waals surface area (Å²) in [5.74, 6) is -0.114. The van der Waals surface area contributed by atoms with E-state index in [2.05, 4.69) is 4.98 Å². The van der Waals surface area contributed by atoms with Crippen LogP contribution in [0.1, 0.15) is 50.1 Å². The quantitative estimate of drug-likeness (QED) is 0.411. The zero-order valence-corrected chi connectivity index (χ0v) is 18.2. The van der Waals surface area contributed by atoms with Crippen molar-refractivity contribution in [3.8, 4) is 0 Å². The third-order valence-electron chi connectivity index (χ3n) is 5.99. The average Bonchev–Trinajstić information content (AvgIpc) is 3.26. The van der Waals surface area contributed by atoms with Gasteiger partial charge in [0.2, 0.25) is 5.91 Å². The van der Waals surface area contributed by atoms with Crippen molar-refractivity contribution in [1.29, 1.82) is 0 Å². The highest BCUT2D eigenvalue weighted by Gasteiger charge is 2.29. The molecule has 5 nitrogen and oxygen atoms in total. The van der Waals surface area contributed by atoms with E-state index in [4.69, 9.17) is 12.2 Å². The number of nitrogens with zero attached hydrogens (tertiary/aromatic N) is 2. The maximum atomic E-state index is 13.2. The maximum Gasteiger partial charge on any atom is 0.262 e. The van der Waals surface area contributed by atoms with Gasteiger partial charge in [0.1, 0.15) is 5.82 Å². The number of carbonyl (C=O) groups excluding carboxylic acids is 1. The number of halogens is 1. The van der Waals surface area contributed by atoms with E-state index in [9.17, 15) is 14.0 Å². The predicted octanol–water partition coefficient (Wildman–Crippen LogP) is 5.12. The molecule has 162 valence electrons. The molecule has 1 saturated heterocycles. The largest absolute Gasteiger partial charge is 0.336 e. The smallest absolute Gasteiger partial charge is 0.262 e. The Morgan fingerprint density at radius 3 is 2.68 bits per heavy atom. The molecule has 31 heavy (non-hydrogen) atoms. The minimum Gasteiger partial charge on any atom is -0.336 e. The lowest BCUT2D eigenvalue weighted by atomic mass is 10.0. The highest BCUT2D eigenvalue weighted by molar-refractivity contribution is 7.71. The lowest BCUT2D eigenvalue weighted by Gasteiger charge is -2.25. The fourth-order valence-corrected chi connectivity index (χ4v) is 4.65. The Morgan fingerprint density at radius 2 is 1.87 bits per heavy atom. The summed E-state index contributed by atoms with van der Waals surface area (Å²) in [6.45, 7) is 1.29. The minimum atomic E-state index is -0.259. The molecule has 1 aliphatic heterocycles. The van der Waals surface area contributed by atoms with Crippen LogP contribution < -0.4 is 5.56 Å². The van der Waals surface area contributed by atoms with Gasteiger partial charge >= 0.3 is 0 Å². The predicted molar refractivity (Wildman–Crippen MR) is 122 cm³/mol. The number of likely N-dealkylation sites (tertiary alicyclic amines) is 1. The standard InChI is InChI=1S/C24H26FN3O2S/c25-18-13-11-17(12-14-18)21-9-6-16-27(21)22(29)10-2-1-5-15-28-23(30)19-7-3-4-8-20(19)26-24(28)31/h3-4,7-8,11-14,21H,1-2,5-6,9-10,15-16H2,(H,26,31). The van der Waals surface area contributed by atoms with E-state index in [1.54, 1.807) is 22.8 Å². The third kappa shape index (κ3) is 4.77. The number of amides is 1. The fourth-order valence-electron chi connectivity index (χ4n) is 4.37. The molecule has 0 aliphatic carbocycles. The van der Waals surface area contributed by atoms with Gasteiger partial charge in [-0.05, 0) is 67.7 Å². The number of unbranched alkanes of at least 4 members (excludes halogenated alkanes) is 2. The van der Waals surface area contributed by atoms with Gasteiger partial charge in [-0.1, -0.05) is 30.7 Å². The topological polar surface area (TPSA) is 58.1 Å². The molecule has 4 rings (SSSR count). The Morgan fingerprint density at radius 1 is 1.10 bits per heavy atom. The van der Waals surface area contributed by atoms with Crippen LogP contribution in [0.5, 0.6) is 0 Å². The van der Waals surface area contributed by atoms with Crippen LogP contribution in [0.3, 0.4) is 0 Å². The number of aromatic amines is 1. The fraction of sp³-hybridized carbons (Fsp3) is 0.375. The maximum absolute atomic E-state index is 13.2. The summed E-state index contributed by atoms with van der Waals surface area (Å²) in [6.07, 6.45) is 4.76. The number of carbonyl (C=O) groups is 1. The van der Waals surface area contributed by atoms with Gasteiger partial charge in [0.05, 0.1) is 16.9 Å². The zero-order valence-electron chi connectivity index (χ0n) is 17.4. The average molecular weight is 440 g/mol. The van der Waals surface area contributed by atoms with E-state index in [0.29, 0.717) is 23.1 Å². The first-order valence-corrected chi connectivity index (χ1v) is 11.2. The number of H-pyrrole nitrogens is 1. The first-order chi connectivity index (χ1) is 15.0. The van der Waals surface area contributed by atoms with Crippen molar-refractivity contribution in [3.05, 3.63) is 75.0 Å². The molecule has 1 amide bonds. The first kappa shape index (κ1) is 21.4. The van der Waals surface area contributed by atoms with E-state index in [1.165, 1.54) is 12.1 Å². The number of benzene rings is 2. The minimum absolute atomic E-state index is 0.0441. The third-order valence-corrected chi connectivity index (χ3v) is 6.31. The van der Waals surface area contributed by atoms with Crippen molar-refractivity contribution in [2.75, 3.05) is 6.54 Å². The Bertz CT molecular complexity index is 1190. The molecule has 1 aliphatic rings. The Balaban J connectivity index is 1.30. The van der Waals surface area contributed by atoms with Gasteiger partial charge in [0, 0.05) is 19.5 Å². The number of fused-ring (bicyclic) bond motifs is 1. The molecular weight excluding hydrogens is 413 g/mol. The van der Waals surface area contributed by atoms with Crippen LogP contribution in [-0.2, 0) is 11.3 Å². The van der Waals surface area contributed by atoms with Crippen LogP contribution >= 0.6 is 12.2 Å². The van der Waals surface area contributed by atoms with Crippen molar-refractivity contribution >= 4 is 29.0 Å². The SMILES string of the molecule is O=C(CCCCCn1c(=S)[nH]c2ccccc2c1=O)N1CCCC1c1ccc(F)cc1. The zero-order chi connectivity index (χ0) is 21.8. The Labute approximate surface area is 185 Å². The monoisotopic (exact) mass is 439 g/mol. The second-order valence-electron chi connectivity index (χ2n) is 8.04. The molecule has 2 heterocycles. The second kappa shape index (κ2) is 9.56. The van der Waals surface area contributed by atoms with Gasteiger partial charge in [-0.25, -0.2) is 4.39 Å². The number of para-hydroxylation sites is 1. The summed E-state index contributed by atoms with van der Waals surface area (Å²) in [6, 6.07) is 13.9. The van der Waals surface area contributed by atoms with Crippen LogP contribution in [0, 0.1) is 10.6 Å². The molecule has 0 saturated carbocycles. The summed E-state index contributed by atoms with van der Waals surface area (Å²) in [5, 5.41) is 0.632. The van der Waals surface area contributed by atoms with Gasteiger partial charge in [-0.2, -0.15) is 0 Å². The van der Waals surface area contributed by atoms with Crippen molar-refractivity contribution < 1.29 is 9.18 Å². The Hall–Kier alpha value is -2.80. The van der Waals surface area contributed by atoms with Crippen molar-refractivity contribution in [1.82, 2.24) is 14.5 Å². The lowest BCUT2D eigenvalue weighted by molar-refractivity contribution is -0.132. The molecule has 1 N–H and O–H groups in total. The number of hydrogen-bond acceptors (Lipinski definition) is 3. The van der Waals surface area contributed by atoms with Gasteiger partial charge < -0.3 is 9.88 Å². The van der Waals surface area contributed by atoms with Crippen LogP contribution in [0.2, 0.25) is 0 Å². The summed E-state index contributed by atoms with van der Waals surface area (Å²) in [5.41, 5.74) is 1.67. The highest BCUT2D eigenvalue weighted by Crippen LogP contribution is 2.32. The van der Waals surface area contributed by atoms with Crippen molar-refractivity contribution in [2.24, 2.45) is 0 Å². The number of aromatic nitrogens is 2. The molecule has 1 fully saturated rings. The van der Waals surface area contributed by atoms with Gasteiger partial charge in [-0.3, -0.25) is 14.2 Å². The summed E-state index contributed by atoms with van der Waals surface area (Å²) in [4.78, 5) is 30.5. The molecule has 1 aromatic heterocycles. The molecule has 0 bridgehead atoms. The summed E-state index contributed by atoms with van der Waals surface area (Å²) < 4.78 is 15.2. The van der Waals surface area contributed by atoms with Crippen LogP contribution in [0.25, 0.3) is 10.9 Å². The molecule has 7 heteroatoms. The molecular formula is C24H26FN3O2S. The van der Waals surface area contributed by atoms with Crippen LogP contribution in [-0.4, -0.2) is 26.9 Å². The molecule has 3 aromatic rings. The highest BCUT2D eigenvalue weighted by atomic mass is 32.1. The molecule has 1 atom stereocenters. The Kier molecular flexibility index (Phi) is 6.61. The van der Waals surface area contributed by atoms with Gasteiger partial charge in [-0.15, -0.1) is 0 Å². The number of rotatable bonds is 7.